The van der Waals surface area contributed by atoms with Crippen LogP contribution < -0.4 is 11.1 Å². The molecule has 0 unspecified atom stereocenters. The largest absolute Gasteiger partial charge is 0.399 e. The van der Waals surface area contributed by atoms with Crippen molar-refractivity contribution < 1.29 is 4.79 Å². The van der Waals surface area contributed by atoms with E-state index in [2.05, 4.69) is 10.4 Å². The Kier molecular flexibility index (Phi) is 4.40. The molecule has 0 fully saturated rings. The minimum atomic E-state index is 0.0155. The predicted octanol–water partition coefficient (Wildman–Crippen LogP) is 2.50. The molecule has 5 heteroatoms. The standard InChI is InChI=1S/C15H20N4O/c1-11-9-17-19(10-11)7-3-4-15(20)18-14-6-5-13(16)8-12(14)2/h5-6,8-10H,3-4,7,16H2,1-2H3,(H,18,20). The van der Waals surface area contributed by atoms with Crippen LogP contribution in [0.2, 0.25) is 0 Å². The summed E-state index contributed by atoms with van der Waals surface area (Å²) in [5.41, 5.74) is 9.31. The first-order chi connectivity index (χ1) is 9.54. The minimum absolute atomic E-state index is 0.0155. The van der Waals surface area contributed by atoms with Crippen molar-refractivity contribution in [3.05, 3.63) is 41.7 Å². The number of hydrogen-bond acceptors (Lipinski definition) is 3. The van der Waals surface area contributed by atoms with Gasteiger partial charge in [-0.1, -0.05) is 0 Å². The summed E-state index contributed by atoms with van der Waals surface area (Å²) in [5, 5.41) is 7.10. The highest BCUT2D eigenvalue weighted by Crippen LogP contribution is 2.17. The summed E-state index contributed by atoms with van der Waals surface area (Å²) in [7, 11) is 0. The summed E-state index contributed by atoms with van der Waals surface area (Å²) in [6.45, 7) is 4.68. The van der Waals surface area contributed by atoms with Gasteiger partial charge in [0, 0.05) is 30.5 Å². The van der Waals surface area contributed by atoms with Crippen LogP contribution in [-0.2, 0) is 11.3 Å². The molecule has 0 bridgehead atoms. The molecule has 106 valence electrons. The lowest BCUT2D eigenvalue weighted by molar-refractivity contribution is -0.116. The molecule has 3 N–H and O–H groups in total. The van der Waals surface area contributed by atoms with Gasteiger partial charge in [-0.05, 0) is 49.6 Å². The van der Waals surface area contributed by atoms with Crippen LogP contribution in [0.25, 0.3) is 0 Å². The Hall–Kier alpha value is -2.30. The molecule has 0 atom stereocenters. The highest BCUT2D eigenvalue weighted by Gasteiger charge is 2.05. The Bertz CT molecular complexity index is 604. The molecule has 2 rings (SSSR count). The number of carbonyl (C=O) groups excluding carboxylic acids is 1. The smallest absolute Gasteiger partial charge is 0.224 e. The van der Waals surface area contributed by atoms with E-state index in [0.717, 1.165) is 29.8 Å². The topological polar surface area (TPSA) is 72.9 Å². The van der Waals surface area contributed by atoms with Crippen molar-refractivity contribution in [1.82, 2.24) is 9.78 Å². The van der Waals surface area contributed by atoms with Crippen molar-refractivity contribution in [2.45, 2.75) is 33.2 Å². The van der Waals surface area contributed by atoms with Crippen LogP contribution in [0.3, 0.4) is 0 Å². The quantitative estimate of drug-likeness (QED) is 0.821. The van der Waals surface area contributed by atoms with Gasteiger partial charge in [0.15, 0.2) is 0 Å². The maximum absolute atomic E-state index is 11.9. The van der Waals surface area contributed by atoms with E-state index in [9.17, 15) is 4.79 Å². The third kappa shape index (κ3) is 3.85. The van der Waals surface area contributed by atoms with Crippen molar-refractivity contribution in [1.29, 1.82) is 0 Å². The summed E-state index contributed by atoms with van der Waals surface area (Å²) in [5.74, 6) is 0.0155. The lowest BCUT2D eigenvalue weighted by Crippen LogP contribution is -2.13. The number of nitrogens with two attached hydrogens (primary N) is 1. The van der Waals surface area contributed by atoms with Crippen molar-refractivity contribution in [2.75, 3.05) is 11.1 Å². The van der Waals surface area contributed by atoms with E-state index in [4.69, 9.17) is 5.73 Å². The third-order valence-corrected chi connectivity index (χ3v) is 3.08. The SMILES string of the molecule is Cc1cnn(CCCC(=O)Nc2ccc(N)cc2C)c1. The molecule has 0 spiro atoms. The van der Waals surface area contributed by atoms with Crippen LogP contribution >= 0.6 is 0 Å². The maximum Gasteiger partial charge on any atom is 0.224 e. The van der Waals surface area contributed by atoms with E-state index >= 15 is 0 Å². The summed E-state index contributed by atoms with van der Waals surface area (Å²) in [6.07, 6.45) is 5.03. The second-order valence-corrected chi connectivity index (χ2v) is 5.01. The molecule has 1 aromatic heterocycles. The fourth-order valence-electron chi connectivity index (χ4n) is 2.03. The molecule has 20 heavy (non-hydrogen) atoms. The molecule has 2 aromatic rings. The van der Waals surface area contributed by atoms with Crippen LogP contribution in [0.15, 0.2) is 30.6 Å². The Balaban J connectivity index is 1.80. The first-order valence-electron chi connectivity index (χ1n) is 6.69. The highest BCUT2D eigenvalue weighted by atomic mass is 16.1. The molecule has 0 saturated heterocycles. The summed E-state index contributed by atoms with van der Waals surface area (Å²) >= 11 is 0. The predicted molar refractivity (Wildman–Crippen MR) is 80.4 cm³/mol. The molecule has 5 nitrogen and oxygen atoms in total. The van der Waals surface area contributed by atoms with E-state index in [0.29, 0.717) is 12.1 Å². The van der Waals surface area contributed by atoms with Crippen LogP contribution in [0.4, 0.5) is 11.4 Å². The molecular formula is C15H20N4O. The molecule has 0 aliphatic rings. The van der Waals surface area contributed by atoms with Gasteiger partial charge < -0.3 is 11.1 Å². The number of benzene rings is 1. The zero-order valence-electron chi connectivity index (χ0n) is 11.9. The lowest BCUT2D eigenvalue weighted by Gasteiger charge is -2.09. The number of rotatable bonds is 5. The van der Waals surface area contributed by atoms with E-state index in [-0.39, 0.29) is 5.91 Å². The lowest BCUT2D eigenvalue weighted by atomic mass is 10.1. The maximum atomic E-state index is 11.9. The third-order valence-electron chi connectivity index (χ3n) is 3.08. The van der Waals surface area contributed by atoms with Gasteiger partial charge in [0.2, 0.25) is 5.91 Å². The molecule has 0 aliphatic carbocycles. The van der Waals surface area contributed by atoms with Crippen molar-refractivity contribution >= 4 is 17.3 Å². The highest BCUT2D eigenvalue weighted by molar-refractivity contribution is 5.91. The molecule has 1 aromatic carbocycles. The van der Waals surface area contributed by atoms with Crippen molar-refractivity contribution in [2.24, 2.45) is 0 Å². The average molecular weight is 272 g/mol. The van der Waals surface area contributed by atoms with E-state index in [1.165, 1.54) is 0 Å². The minimum Gasteiger partial charge on any atom is -0.399 e. The number of aromatic nitrogens is 2. The zero-order chi connectivity index (χ0) is 14.5. The second-order valence-electron chi connectivity index (χ2n) is 5.01. The number of aryl methyl sites for hydroxylation is 3. The molecule has 0 aliphatic heterocycles. The molecular weight excluding hydrogens is 252 g/mol. The number of nitrogens with zero attached hydrogens (tertiary/aromatic N) is 2. The van der Waals surface area contributed by atoms with E-state index in [1.807, 2.05) is 43.1 Å². The molecule has 0 radical (unpaired) electrons. The first kappa shape index (κ1) is 14.1. The van der Waals surface area contributed by atoms with Gasteiger partial charge in [0.25, 0.3) is 0 Å². The monoisotopic (exact) mass is 272 g/mol. The van der Waals surface area contributed by atoms with E-state index in [1.54, 1.807) is 6.07 Å². The molecule has 0 saturated carbocycles. The number of nitrogens with one attached hydrogen (secondary N) is 1. The number of amides is 1. The van der Waals surface area contributed by atoms with Crippen LogP contribution in [-0.4, -0.2) is 15.7 Å². The average Bonchev–Trinajstić information content (AvgIpc) is 2.79. The molecule has 1 heterocycles. The van der Waals surface area contributed by atoms with Crippen LogP contribution in [0.5, 0.6) is 0 Å². The van der Waals surface area contributed by atoms with Gasteiger partial charge in [-0.2, -0.15) is 5.10 Å². The fourth-order valence-corrected chi connectivity index (χ4v) is 2.03. The van der Waals surface area contributed by atoms with Gasteiger partial charge in [0.1, 0.15) is 0 Å². The summed E-state index contributed by atoms with van der Waals surface area (Å²) in [4.78, 5) is 11.9. The van der Waals surface area contributed by atoms with Crippen molar-refractivity contribution in [3.8, 4) is 0 Å². The van der Waals surface area contributed by atoms with Crippen molar-refractivity contribution in [3.63, 3.8) is 0 Å². The van der Waals surface area contributed by atoms with Gasteiger partial charge in [-0.3, -0.25) is 9.48 Å². The van der Waals surface area contributed by atoms with Crippen LogP contribution in [0.1, 0.15) is 24.0 Å². The Morgan fingerprint density at radius 2 is 2.20 bits per heavy atom. The zero-order valence-corrected chi connectivity index (χ0v) is 11.9. The van der Waals surface area contributed by atoms with Gasteiger partial charge in [-0.15, -0.1) is 0 Å². The second kappa shape index (κ2) is 6.23. The van der Waals surface area contributed by atoms with Gasteiger partial charge in [0.05, 0.1) is 6.20 Å². The Morgan fingerprint density at radius 1 is 1.40 bits per heavy atom. The number of hydrogen-bond donors (Lipinski definition) is 2. The Labute approximate surface area is 118 Å². The first-order valence-corrected chi connectivity index (χ1v) is 6.69. The van der Waals surface area contributed by atoms with Crippen LogP contribution in [0, 0.1) is 13.8 Å². The number of nitrogen functional groups attached to an aromatic ring is 1. The number of carbonyl (C=O) groups is 1. The van der Waals surface area contributed by atoms with E-state index < -0.39 is 0 Å². The van der Waals surface area contributed by atoms with Gasteiger partial charge >= 0.3 is 0 Å². The fraction of sp³-hybridized carbons (Fsp3) is 0.333. The Morgan fingerprint density at radius 3 is 2.85 bits per heavy atom. The normalized spacial score (nSPS) is 10.5. The summed E-state index contributed by atoms with van der Waals surface area (Å²) in [6, 6.07) is 5.47. The van der Waals surface area contributed by atoms with Gasteiger partial charge in [-0.25, -0.2) is 0 Å². The molecule has 1 amide bonds. The summed E-state index contributed by atoms with van der Waals surface area (Å²) < 4.78 is 1.86. The number of anilines is 2.